The summed E-state index contributed by atoms with van der Waals surface area (Å²) in [4.78, 5) is 2.57. The summed E-state index contributed by atoms with van der Waals surface area (Å²) in [5, 5.41) is 3.65. The van der Waals surface area contributed by atoms with Gasteiger partial charge in [-0.3, -0.25) is 0 Å². The number of likely N-dealkylation sites (tertiary alicyclic amines) is 1. The van der Waals surface area contributed by atoms with Crippen LogP contribution in [0.4, 0.5) is 0 Å². The summed E-state index contributed by atoms with van der Waals surface area (Å²) < 4.78 is 0. The molecule has 2 rings (SSSR count). The third-order valence-corrected chi connectivity index (χ3v) is 3.88. The van der Waals surface area contributed by atoms with Gasteiger partial charge in [0.25, 0.3) is 0 Å². The van der Waals surface area contributed by atoms with Crippen LogP contribution in [-0.2, 0) is 6.54 Å². The molecule has 0 spiro atoms. The molecule has 0 aliphatic carbocycles. The summed E-state index contributed by atoms with van der Waals surface area (Å²) in [6.07, 6.45) is 2.76. The van der Waals surface area contributed by atoms with E-state index in [1.54, 1.807) is 0 Å². The Hall–Kier alpha value is -0.860. The van der Waals surface area contributed by atoms with Crippen molar-refractivity contribution in [3.05, 3.63) is 34.9 Å². The van der Waals surface area contributed by atoms with Crippen molar-refractivity contribution in [2.24, 2.45) is 0 Å². The van der Waals surface area contributed by atoms with Crippen LogP contribution < -0.4 is 5.32 Å². The van der Waals surface area contributed by atoms with Gasteiger partial charge >= 0.3 is 0 Å². The van der Waals surface area contributed by atoms with Gasteiger partial charge in [0.2, 0.25) is 0 Å². The first-order chi connectivity index (χ1) is 8.65. The van der Waals surface area contributed by atoms with Crippen molar-refractivity contribution in [2.75, 3.05) is 19.6 Å². The number of hydrogen-bond donors (Lipinski definition) is 1. The Morgan fingerprint density at radius 1 is 1.22 bits per heavy atom. The van der Waals surface area contributed by atoms with Crippen LogP contribution in [0, 0.1) is 13.8 Å². The lowest BCUT2D eigenvalue weighted by Gasteiger charge is -2.21. The van der Waals surface area contributed by atoms with Gasteiger partial charge in [-0.25, -0.2) is 0 Å². The van der Waals surface area contributed by atoms with Crippen molar-refractivity contribution in [3.63, 3.8) is 0 Å². The molecule has 0 saturated carbocycles. The average Bonchev–Trinajstić information content (AvgIpc) is 2.83. The second-order valence-electron chi connectivity index (χ2n) is 5.72. The van der Waals surface area contributed by atoms with Crippen LogP contribution in [-0.4, -0.2) is 30.6 Å². The van der Waals surface area contributed by atoms with Crippen LogP contribution in [0.25, 0.3) is 0 Å². The van der Waals surface area contributed by atoms with E-state index in [0.29, 0.717) is 6.04 Å². The smallest absolute Gasteiger partial charge is 0.0211 e. The molecule has 1 N–H and O–H groups in total. The molecule has 1 unspecified atom stereocenters. The maximum atomic E-state index is 3.65. The maximum absolute atomic E-state index is 3.65. The van der Waals surface area contributed by atoms with Gasteiger partial charge in [-0.05, 0) is 57.8 Å². The average molecular weight is 246 g/mol. The van der Waals surface area contributed by atoms with Crippen LogP contribution in [0.3, 0.4) is 0 Å². The Morgan fingerprint density at radius 2 is 1.94 bits per heavy atom. The minimum absolute atomic E-state index is 0.572. The first kappa shape index (κ1) is 13.6. The van der Waals surface area contributed by atoms with E-state index in [4.69, 9.17) is 0 Å². The summed E-state index contributed by atoms with van der Waals surface area (Å²) in [5.41, 5.74) is 4.18. The number of aryl methyl sites for hydroxylation is 2. The Bertz CT molecular complexity index is 381. The zero-order valence-electron chi connectivity index (χ0n) is 12.0. The van der Waals surface area contributed by atoms with Gasteiger partial charge in [-0.15, -0.1) is 0 Å². The quantitative estimate of drug-likeness (QED) is 0.859. The van der Waals surface area contributed by atoms with Gasteiger partial charge in [0.05, 0.1) is 0 Å². The third kappa shape index (κ3) is 3.82. The molecule has 18 heavy (non-hydrogen) atoms. The van der Waals surface area contributed by atoms with Gasteiger partial charge in [-0.2, -0.15) is 0 Å². The lowest BCUT2D eigenvalue weighted by Crippen LogP contribution is -2.37. The van der Waals surface area contributed by atoms with Gasteiger partial charge in [0, 0.05) is 19.1 Å². The summed E-state index contributed by atoms with van der Waals surface area (Å²) in [5.74, 6) is 0. The zero-order chi connectivity index (χ0) is 13.0. The van der Waals surface area contributed by atoms with Crippen LogP contribution in [0.2, 0.25) is 0 Å². The van der Waals surface area contributed by atoms with Crippen molar-refractivity contribution in [1.29, 1.82) is 0 Å². The van der Waals surface area contributed by atoms with Gasteiger partial charge in [-0.1, -0.05) is 23.8 Å². The lowest BCUT2D eigenvalue weighted by atomic mass is 10.1. The summed E-state index contributed by atoms with van der Waals surface area (Å²) in [7, 11) is 0. The number of rotatable bonds is 5. The largest absolute Gasteiger partial charge is 0.309 e. The van der Waals surface area contributed by atoms with E-state index in [9.17, 15) is 0 Å². The van der Waals surface area contributed by atoms with Crippen molar-refractivity contribution < 1.29 is 0 Å². The molecule has 0 bridgehead atoms. The minimum atomic E-state index is 0.572. The lowest BCUT2D eigenvalue weighted by molar-refractivity contribution is 0.298. The van der Waals surface area contributed by atoms with E-state index in [1.165, 1.54) is 49.2 Å². The normalized spacial score (nSPS) is 18.2. The molecule has 2 heteroatoms. The van der Waals surface area contributed by atoms with Gasteiger partial charge in [0.15, 0.2) is 0 Å². The maximum Gasteiger partial charge on any atom is 0.0211 e. The standard InChI is InChI=1S/C16H26N2/c1-13-6-7-14(2)16(10-13)11-17-15(3)12-18-8-4-5-9-18/h6-7,10,15,17H,4-5,8-9,11-12H2,1-3H3. The predicted octanol–water partition coefficient (Wildman–Crippen LogP) is 2.88. The molecular weight excluding hydrogens is 220 g/mol. The van der Waals surface area contributed by atoms with Crippen LogP contribution in [0.5, 0.6) is 0 Å². The topological polar surface area (TPSA) is 15.3 Å². The SMILES string of the molecule is Cc1ccc(C)c(CNC(C)CN2CCCC2)c1. The third-order valence-electron chi connectivity index (χ3n) is 3.88. The predicted molar refractivity (Wildman–Crippen MR) is 77.9 cm³/mol. The molecule has 0 amide bonds. The Morgan fingerprint density at radius 3 is 2.67 bits per heavy atom. The van der Waals surface area contributed by atoms with Crippen molar-refractivity contribution in [2.45, 2.75) is 46.2 Å². The first-order valence-electron chi connectivity index (χ1n) is 7.17. The van der Waals surface area contributed by atoms with Crippen LogP contribution in [0.1, 0.15) is 36.5 Å². The Balaban J connectivity index is 1.81. The number of benzene rings is 1. The molecular formula is C16H26N2. The fraction of sp³-hybridized carbons (Fsp3) is 0.625. The second-order valence-corrected chi connectivity index (χ2v) is 5.72. The molecule has 0 aromatic heterocycles. The fourth-order valence-electron chi connectivity index (χ4n) is 2.69. The van der Waals surface area contributed by atoms with Crippen molar-refractivity contribution in [1.82, 2.24) is 10.2 Å². The highest BCUT2D eigenvalue weighted by atomic mass is 15.2. The van der Waals surface area contributed by atoms with Gasteiger partial charge in [0.1, 0.15) is 0 Å². The Kier molecular flexibility index (Phi) is 4.79. The summed E-state index contributed by atoms with van der Waals surface area (Å²) in [6, 6.07) is 7.28. The highest BCUT2D eigenvalue weighted by Crippen LogP contribution is 2.11. The first-order valence-corrected chi connectivity index (χ1v) is 7.17. The van der Waals surface area contributed by atoms with Crippen molar-refractivity contribution in [3.8, 4) is 0 Å². The van der Waals surface area contributed by atoms with Crippen LogP contribution in [0.15, 0.2) is 18.2 Å². The molecule has 1 aliphatic rings. The fourth-order valence-corrected chi connectivity index (χ4v) is 2.69. The zero-order valence-corrected chi connectivity index (χ0v) is 12.0. The van der Waals surface area contributed by atoms with E-state index in [0.717, 1.165) is 6.54 Å². The van der Waals surface area contributed by atoms with E-state index >= 15 is 0 Å². The highest BCUT2D eigenvalue weighted by Gasteiger charge is 2.14. The molecule has 1 atom stereocenters. The molecule has 0 radical (unpaired) electrons. The van der Waals surface area contributed by atoms with E-state index in [-0.39, 0.29) is 0 Å². The molecule has 1 aromatic carbocycles. The second kappa shape index (κ2) is 6.35. The van der Waals surface area contributed by atoms with E-state index < -0.39 is 0 Å². The van der Waals surface area contributed by atoms with E-state index in [2.05, 4.69) is 49.2 Å². The highest BCUT2D eigenvalue weighted by molar-refractivity contribution is 5.30. The van der Waals surface area contributed by atoms with Crippen LogP contribution >= 0.6 is 0 Å². The molecule has 1 saturated heterocycles. The molecule has 1 fully saturated rings. The molecule has 1 aromatic rings. The number of hydrogen-bond acceptors (Lipinski definition) is 2. The Labute approximate surface area is 111 Å². The number of nitrogens with one attached hydrogen (secondary N) is 1. The molecule has 1 heterocycles. The molecule has 2 nitrogen and oxygen atoms in total. The number of nitrogens with zero attached hydrogens (tertiary/aromatic N) is 1. The minimum Gasteiger partial charge on any atom is -0.309 e. The summed E-state index contributed by atoms with van der Waals surface area (Å²) >= 11 is 0. The molecule has 1 aliphatic heterocycles. The summed E-state index contributed by atoms with van der Waals surface area (Å²) in [6.45, 7) is 11.4. The van der Waals surface area contributed by atoms with Crippen molar-refractivity contribution >= 4 is 0 Å². The monoisotopic (exact) mass is 246 g/mol. The van der Waals surface area contributed by atoms with E-state index in [1.807, 2.05) is 0 Å². The molecule has 100 valence electrons. The van der Waals surface area contributed by atoms with Gasteiger partial charge < -0.3 is 10.2 Å².